The molecule has 1 aliphatic rings. The third-order valence-electron chi connectivity index (χ3n) is 3.22. The molecule has 0 unspecified atom stereocenters. The van der Waals surface area contributed by atoms with Crippen molar-refractivity contribution in [2.75, 3.05) is 45.9 Å². The number of rotatable bonds is 5. The number of piperazine rings is 1. The van der Waals surface area contributed by atoms with Crippen LogP contribution in [0.1, 0.15) is 34.6 Å². The van der Waals surface area contributed by atoms with Crippen LogP contribution in [-0.2, 0) is 4.74 Å². The van der Waals surface area contributed by atoms with Crippen LogP contribution in [0.3, 0.4) is 0 Å². The Kier molecular flexibility index (Phi) is 5.90. The van der Waals surface area contributed by atoms with Gasteiger partial charge in [0.15, 0.2) is 0 Å². The SMILES string of the molecule is CC(C)N1CCN(CCOCC(C)(C)C)CC1. The summed E-state index contributed by atoms with van der Waals surface area (Å²) in [5, 5.41) is 0. The van der Waals surface area contributed by atoms with Crippen LogP contribution >= 0.6 is 0 Å². The van der Waals surface area contributed by atoms with Gasteiger partial charge in [0.05, 0.1) is 13.2 Å². The van der Waals surface area contributed by atoms with Crippen LogP contribution in [-0.4, -0.2) is 61.8 Å². The van der Waals surface area contributed by atoms with Crippen molar-refractivity contribution in [1.82, 2.24) is 9.80 Å². The van der Waals surface area contributed by atoms with Gasteiger partial charge in [-0.2, -0.15) is 0 Å². The molecule has 0 N–H and O–H groups in total. The molecule has 3 nitrogen and oxygen atoms in total. The minimum absolute atomic E-state index is 0.288. The highest BCUT2D eigenvalue weighted by Gasteiger charge is 2.18. The van der Waals surface area contributed by atoms with Gasteiger partial charge in [-0.25, -0.2) is 0 Å². The van der Waals surface area contributed by atoms with Gasteiger partial charge in [0.25, 0.3) is 0 Å². The van der Waals surface area contributed by atoms with E-state index in [4.69, 9.17) is 4.74 Å². The second-order valence-corrected chi connectivity index (χ2v) is 6.58. The summed E-state index contributed by atoms with van der Waals surface area (Å²) in [7, 11) is 0. The molecule has 0 bridgehead atoms. The standard InChI is InChI=1S/C14H30N2O/c1-13(2)16-8-6-15(7-9-16)10-11-17-12-14(3,4)5/h13H,6-12H2,1-5H3. The van der Waals surface area contributed by atoms with Crippen molar-refractivity contribution in [2.45, 2.75) is 40.7 Å². The lowest BCUT2D eigenvalue weighted by molar-refractivity contribution is 0.0386. The smallest absolute Gasteiger partial charge is 0.0593 e. The topological polar surface area (TPSA) is 15.7 Å². The second kappa shape index (κ2) is 6.72. The van der Waals surface area contributed by atoms with Gasteiger partial charge in [-0.05, 0) is 19.3 Å². The van der Waals surface area contributed by atoms with Crippen molar-refractivity contribution >= 4 is 0 Å². The van der Waals surface area contributed by atoms with E-state index in [0.717, 1.165) is 19.8 Å². The van der Waals surface area contributed by atoms with Gasteiger partial charge >= 0.3 is 0 Å². The Hall–Kier alpha value is -0.120. The fourth-order valence-electron chi connectivity index (χ4n) is 2.08. The third-order valence-corrected chi connectivity index (χ3v) is 3.22. The van der Waals surface area contributed by atoms with Gasteiger partial charge in [-0.15, -0.1) is 0 Å². The molecule has 102 valence electrons. The molecule has 1 fully saturated rings. The van der Waals surface area contributed by atoms with Crippen LogP contribution in [0.4, 0.5) is 0 Å². The van der Waals surface area contributed by atoms with Crippen molar-refractivity contribution in [3.63, 3.8) is 0 Å². The zero-order valence-electron chi connectivity index (χ0n) is 12.3. The highest BCUT2D eigenvalue weighted by molar-refractivity contribution is 4.74. The van der Waals surface area contributed by atoms with Crippen molar-refractivity contribution < 1.29 is 4.74 Å². The van der Waals surface area contributed by atoms with Gasteiger partial charge < -0.3 is 4.74 Å². The van der Waals surface area contributed by atoms with Gasteiger partial charge in [0.2, 0.25) is 0 Å². The quantitative estimate of drug-likeness (QED) is 0.687. The molecule has 0 aliphatic carbocycles. The molecule has 0 aromatic carbocycles. The average Bonchev–Trinajstić information content (AvgIpc) is 2.24. The molecule has 1 heterocycles. The van der Waals surface area contributed by atoms with E-state index in [1.807, 2.05) is 0 Å². The first-order valence-electron chi connectivity index (χ1n) is 6.92. The molecule has 17 heavy (non-hydrogen) atoms. The number of hydrogen-bond acceptors (Lipinski definition) is 3. The molecule has 0 spiro atoms. The van der Waals surface area contributed by atoms with Crippen LogP contribution in [0.2, 0.25) is 0 Å². The summed E-state index contributed by atoms with van der Waals surface area (Å²) in [5.41, 5.74) is 0.288. The summed E-state index contributed by atoms with van der Waals surface area (Å²) in [6.07, 6.45) is 0. The van der Waals surface area contributed by atoms with Crippen LogP contribution in [0, 0.1) is 5.41 Å². The highest BCUT2D eigenvalue weighted by Crippen LogP contribution is 2.12. The largest absolute Gasteiger partial charge is 0.380 e. The van der Waals surface area contributed by atoms with E-state index in [9.17, 15) is 0 Å². The minimum Gasteiger partial charge on any atom is -0.380 e. The van der Waals surface area contributed by atoms with Crippen molar-refractivity contribution in [1.29, 1.82) is 0 Å². The van der Waals surface area contributed by atoms with E-state index in [1.165, 1.54) is 26.2 Å². The zero-order valence-corrected chi connectivity index (χ0v) is 12.3. The van der Waals surface area contributed by atoms with E-state index >= 15 is 0 Å². The van der Waals surface area contributed by atoms with E-state index in [2.05, 4.69) is 44.4 Å². The monoisotopic (exact) mass is 242 g/mol. The predicted octanol–water partition coefficient (Wildman–Crippen LogP) is 2.08. The van der Waals surface area contributed by atoms with Gasteiger partial charge in [-0.3, -0.25) is 9.80 Å². The molecule has 3 heteroatoms. The van der Waals surface area contributed by atoms with Crippen LogP contribution < -0.4 is 0 Å². The number of ether oxygens (including phenoxy) is 1. The Morgan fingerprint density at radius 3 is 2.12 bits per heavy atom. The van der Waals surface area contributed by atoms with E-state index in [0.29, 0.717) is 6.04 Å². The average molecular weight is 242 g/mol. The lowest BCUT2D eigenvalue weighted by Gasteiger charge is -2.36. The second-order valence-electron chi connectivity index (χ2n) is 6.58. The predicted molar refractivity (Wildman–Crippen MR) is 73.4 cm³/mol. The Labute approximate surface area is 107 Å². The third kappa shape index (κ3) is 6.39. The summed E-state index contributed by atoms with van der Waals surface area (Å²) in [4.78, 5) is 5.06. The first-order chi connectivity index (χ1) is 7.88. The van der Waals surface area contributed by atoms with Crippen LogP contribution in [0.5, 0.6) is 0 Å². The maximum absolute atomic E-state index is 5.72. The van der Waals surface area contributed by atoms with Crippen LogP contribution in [0.15, 0.2) is 0 Å². The molecular formula is C14H30N2O. The number of nitrogens with zero attached hydrogens (tertiary/aromatic N) is 2. The lowest BCUT2D eigenvalue weighted by atomic mass is 9.99. The highest BCUT2D eigenvalue weighted by atomic mass is 16.5. The summed E-state index contributed by atoms with van der Waals surface area (Å²) in [6.45, 7) is 18.8. The van der Waals surface area contributed by atoms with Crippen LogP contribution in [0.25, 0.3) is 0 Å². The molecule has 0 aromatic heterocycles. The molecule has 0 amide bonds. The van der Waals surface area contributed by atoms with Crippen molar-refractivity contribution in [3.8, 4) is 0 Å². The maximum Gasteiger partial charge on any atom is 0.0593 e. The normalized spacial score (nSPS) is 20.1. The first kappa shape index (κ1) is 14.9. The summed E-state index contributed by atoms with van der Waals surface area (Å²) >= 11 is 0. The molecule has 0 aromatic rings. The Balaban J connectivity index is 2.07. The zero-order chi connectivity index (χ0) is 12.9. The summed E-state index contributed by atoms with van der Waals surface area (Å²) in [5.74, 6) is 0. The van der Waals surface area contributed by atoms with E-state index in [-0.39, 0.29) is 5.41 Å². The molecule has 1 aliphatic heterocycles. The maximum atomic E-state index is 5.72. The fraction of sp³-hybridized carbons (Fsp3) is 1.00. The van der Waals surface area contributed by atoms with Crippen molar-refractivity contribution in [3.05, 3.63) is 0 Å². The Morgan fingerprint density at radius 2 is 1.65 bits per heavy atom. The van der Waals surface area contributed by atoms with E-state index in [1.54, 1.807) is 0 Å². The Bertz CT molecular complexity index is 203. The van der Waals surface area contributed by atoms with Gasteiger partial charge in [0.1, 0.15) is 0 Å². The van der Waals surface area contributed by atoms with Crippen molar-refractivity contribution in [2.24, 2.45) is 5.41 Å². The van der Waals surface area contributed by atoms with E-state index < -0.39 is 0 Å². The molecular weight excluding hydrogens is 212 g/mol. The number of hydrogen-bond donors (Lipinski definition) is 0. The molecule has 0 saturated carbocycles. The van der Waals surface area contributed by atoms with Gasteiger partial charge in [0, 0.05) is 38.8 Å². The summed E-state index contributed by atoms with van der Waals surface area (Å²) < 4.78 is 5.72. The fourth-order valence-corrected chi connectivity index (χ4v) is 2.08. The lowest BCUT2D eigenvalue weighted by Crippen LogP contribution is -2.49. The molecule has 0 radical (unpaired) electrons. The Morgan fingerprint density at radius 1 is 1.06 bits per heavy atom. The molecule has 1 rings (SSSR count). The molecule has 0 atom stereocenters. The summed E-state index contributed by atoms with van der Waals surface area (Å²) in [6, 6.07) is 0.689. The first-order valence-corrected chi connectivity index (χ1v) is 6.92. The van der Waals surface area contributed by atoms with Gasteiger partial charge in [-0.1, -0.05) is 20.8 Å². The molecule has 1 saturated heterocycles. The minimum atomic E-state index is 0.288.